The van der Waals surface area contributed by atoms with Gasteiger partial charge in [-0.2, -0.15) is 5.10 Å². The van der Waals surface area contributed by atoms with Gasteiger partial charge in [0.2, 0.25) is 0 Å². The molecule has 1 atom stereocenters. The summed E-state index contributed by atoms with van der Waals surface area (Å²) in [6, 6.07) is 8.63. The van der Waals surface area contributed by atoms with Crippen molar-refractivity contribution in [3.05, 3.63) is 46.8 Å². The van der Waals surface area contributed by atoms with Crippen molar-refractivity contribution in [3.63, 3.8) is 0 Å². The molecule has 5 heteroatoms. The first-order valence-electron chi connectivity index (χ1n) is 8.81. The van der Waals surface area contributed by atoms with Crippen molar-refractivity contribution in [2.24, 2.45) is 0 Å². The molecule has 1 saturated heterocycles. The van der Waals surface area contributed by atoms with Crippen molar-refractivity contribution < 1.29 is 4.79 Å². The molecule has 0 unspecified atom stereocenters. The molecule has 0 spiro atoms. The van der Waals surface area contributed by atoms with E-state index in [2.05, 4.69) is 34.2 Å². The van der Waals surface area contributed by atoms with Crippen molar-refractivity contribution in [1.29, 1.82) is 0 Å². The number of rotatable bonds is 2. The molecule has 5 nitrogen and oxygen atoms in total. The molecule has 1 N–H and O–H groups in total. The largest absolute Gasteiger partial charge is 0.322 e. The maximum atomic E-state index is 12.7. The van der Waals surface area contributed by atoms with E-state index in [9.17, 15) is 4.79 Å². The van der Waals surface area contributed by atoms with Crippen LogP contribution in [0.15, 0.2) is 24.3 Å². The minimum Gasteiger partial charge on any atom is -0.322 e. The second-order valence-corrected chi connectivity index (χ2v) is 6.99. The van der Waals surface area contributed by atoms with Gasteiger partial charge in [-0.15, -0.1) is 0 Å². The van der Waals surface area contributed by atoms with E-state index in [1.165, 1.54) is 23.2 Å². The number of aryl methyl sites for hydroxylation is 3. The molecule has 1 aliphatic heterocycles. The van der Waals surface area contributed by atoms with Crippen molar-refractivity contribution in [2.45, 2.75) is 45.6 Å². The lowest BCUT2D eigenvalue weighted by molar-refractivity contribution is 0.220. The smallest absolute Gasteiger partial charge is 0.321 e. The Balaban J connectivity index is 1.45. The zero-order valence-electron chi connectivity index (χ0n) is 14.4. The minimum absolute atomic E-state index is 0.0133. The predicted molar refractivity (Wildman–Crippen MR) is 94.4 cm³/mol. The number of nitrogens with one attached hydrogen (secondary N) is 1. The number of anilines is 1. The quantitative estimate of drug-likeness (QED) is 0.919. The number of hydrogen-bond acceptors (Lipinski definition) is 2. The summed E-state index contributed by atoms with van der Waals surface area (Å²) in [5.41, 5.74) is 5.90. The van der Waals surface area contributed by atoms with Crippen LogP contribution >= 0.6 is 0 Å². The van der Waals surface area contributed by atoms with Gasteiger partial charge in [-0.1, -0.05) is 12.1 Å². The van der Waals surface area contributed by atoms with E-state index >= 15 is 0 Å². The van der Waals surface area contributed by atoms with E-state index in [0.29, 0.717) is 0 Å². The Morgan fingerprint density at radius 2 is 2.17 bits per heavy atom. The first-order chi connectivity index (χ1) is 11.6. The Morgan fingerprint density at radius 3 is 2.96 bits per heavy atom. The van der Waals surface area contributed by atoms with Gasteiger partial charge in [0.25, 0.3) is 0 Å². The number of urea groups is 1. The van der Waals surface area contributed by atoms with Crippen molar-refractivity contribution >= 4 is 11.7 Å². The fraction of sp³-hybridized carbons (Fsp3) is 0.474. The summed E-state index contributed by atoms with van der Waals surface area (Å²) in [6.07, 6.45) is 4.34. The molecular formula is C19H24N4O. The Labute approximate surface area is 142 Å². The van der Waals surface area contributed by atoms with Crippen LogP contribution in [0, 0.1) is 13.8 Å². The number of amides is 2. The van der Waals surface area contributed by atoms with Crippen LogP contribution < -0.4 is 5.32 Å². The van der Waals surface area contributed by atoms with Crippen LogP contribution in [0.1, 0.15) is 41.4 Å². The van der Waals surface area contributed by atoms with Gasteiger partial charge in [0, 0.05) is 24.5 Å². The molecule has 4 rings (SSSR count). The van der Waals surface area contributed by atoms with Crippen LogP contribution in [0.3, 0.4) is 0 Å². The van der Waals surface area contributed by atoms with Crippen molar-refractivity contribution in [3.8, 4) is 0 Å². The highest BCUT2D eigenvalue weighted by molar-refractivity contribution is 5.90. The molecule has 1 fully saturated rings. The number of carbonyl (C=O) groups is 1. The second-order valence-electron chi connectivity index (χ2n) is 6.99. The molecule has 24 heavy (non-hydrogen) atoms. The molecule has 1 aromatic heterocycles. The van der Waals surface area contributed by atoms with Gasteiger partial charge in [0.1, 0.15) is 0 Å². The third-order valence-electron chi connectivity index (χ3n) is 5.23. The van der Waals surface area contributed by atoms with Crippen LogP contribution in [0.4, 0.5) is 10.5 Å². The highest BCUT2D eigenvalue weighted by atomic mass is 16.2. The zero-order valence-corrected chi connectivity index (χ0v) is 14.4. The maximum absolute atomic E-state index is 12.7. The Kier molecular flexibility index (Phi) is 3.79. The molecular weight excluding hydrogens is 300 g/mol. The SMILES string of the molecule is Cc1cc(C)n([C@@H]2CCN(C(=O)Nc3cccc4c3CCC4)C2)n1. The molecule has 2 aromatic rings. The van der Waals surface area contributed by atoms with Gasteiger partial charge in [-0.05, 0) is 62.8 Å². The summed E-state index contributed by atoms with van der Waals surface area (Å²) >= 11 is 0. The van der Waals surface area contributed by atoms with Gasteiger partial charge in [-0.25, -0.2) is 4.79 Å². The van der Waals surface area contributed by atoms with E-state index in [1.807, 2.05) is 24.0 Å². The highest BCUT2D eigenvalue weighted by Gasteiger charge is 2.29. The number of likely N-dealkylation sites (tertiary alicyclic amines) is 1. The molecule has 126 valence electrons. The number of carbonyl (C=O) groups excluding carboxylic acids is 1. The average Bonchev–Trinajstić information content (AvgIpc) is 3.26. The summed E-state index contributed by atoms with van der Waals surface area (Å²) in [5, 5.41) is 7.71. The normalized spacial score (nSPS) is 19.6. The molecule has 0 radical (unpaired) electrons. The van der Waals surface area contributed by atoms with Crippen molar-refractivity contribution in [1.82, 2.24) is 14.7 Å². The zero-order chi connectivity index (χ0) is 16.7. The maximum Gasteiger partial charge on any atom is 0.321 e. The number of fused-ring (bicyclic) bond motifs is 1. The summed E-state index contributed by atoms with van der Waals surface area (Å²) in [7, 11) is 0. The fourth-order valence-electron chi connectivity index (χ4n) is 4.07. The highest BCUT2D eigenvalue weighted by Crippen LogP contribution is 2.30. The van der Waals surface area contributed by atoms with Crippen LogP contribution in [-0.2, 0) is 12.8 Å². The lowest BCUT2D eigenvalue weighted by atomic mass is 10.1. The molecule has 0 bridgehead atoms. The number of hydrogen-bond donors (Lipinski definition) is 1. The second kappa shape index (κ2) is 5.96. The van der Waals surface area contributed by atoms with Crippen LogP contribution in [0.5, 0.6) is 0 Å². The first kappa shape index (κ1) is 15.2. The van der Waals surface area contributed by atoms with Crippen LogP contribution in [0.2, 0.25) is 0 Å². The van der Waals surface area contributed by atoms with Gasteiger partial charge in [-0.3, -0.25) is 4.68 Å². The Hall–Kier alpha value is -2.30. The van der Waals surface area contributed by atoms with E-state index < -0.39 is 0 Å². The predicted octanol–water partition coefficient (Wildman–Crippen LogP) is 3.47. The van der Waals surface area contributed by atoms with Gasteiger partial charge < -0.3 is 10.2 Å². The third kappa shape index (κ3) is 2.68. The van der Waals surface area contributed by atoms with Gasteiger partial charge in [0.05, 0.1) is 11.7 Å². The minimum atomic E-state index is 0.0133. The Morgan fingerprint density at radius 1 is 1.29 bits per heavy atom. The molecule has 2 heterocycles. The van der Waals surface area contributed by atoms with Gasteiger partial charge in [0.15, 0.2) is 0 Å². The number of aromatic nitrogens is 2. The summed E-state index contributed by atoms with van der Waals surface area (Å²) in [5.74, 6) is 0. The molecule has 0 saturated carbocycles. The lowest BCUT2D eigenvalue weighted by Crippen LogP contribution is -2.33. The number of nitrogens with zero attached hydrogens (tertiary/aromatic N) is 3. The topological polar surface area (TPSA) is 50.2 Å². The van der Waals surface area contributed by atoms with E-state index in [0.717, 1.165) is 43.7 Å². The van der Waals surface area contributed by atoms with E-state index in [1.54, 1.807) is 0 Å². The first-order valence-corrected chi connectivity index (χ1v) is 8.81. The summed E-state index contributed by atoms with van der Waals surface area (Å²) < 4.78 is 2.07. The molecule has 1 aromatic carbocycles. The van der Waals surface area contributed by atoms with Crippen molar-refractivity contribution in [2.75, 3.05) is 18.4 Å². The lowest BCUT2D eigenvalue weighted by Gasteiger charge is -2.19. The van der Waals surface area contributed by atoms with E-state index in [4.69, 9.17) is 0 Å². The standard InChI is InChI=1S/C19H24N4O/c1-13-11-14(2)23(21-13)16-9-10-22(12-16)19(24)20-18-8-4-6-15-5-3-7-17(15)18/h4,6,8,11,16H,3,5,7,9-10,12H2,1-2H3,(H,20,24)/t16-/m1/s1. The van der Waals surface area contributed by atoms with Crippen LogP contribution in [0.25, 0.3) is 0 Å². The third-order valence-corrected chi connectivity index (χ3v) is 5.23. The summed E-state index contributed by atoms with van der Waals surface area (Å²) in [4.78, 5) is 14.6. The molecule has 2 aliphatic rings. The fourth-order valence-corrected chi connectivity index (χ4v) is 4.07. The average molecular weight is 324 g/mol. The van der Waals surface area contributed by atoms with Gasteiger partial charge >= 0.3 is 6.03 Å². The molecule has 2 amide bonds. The summed E-state index contributed by atoms with van der Waals surface area (Å²) in [6.45, 7) is 5.60. The monoisotopic (exact) mass is 324 g/mol. The Bertz CT molecular complexity index is 780. The molecule has 1 aliphatic carbocycles. The number of benzene rings is 1. The van der Waals surface area contributed by atoms with E-state index in [-0.39, 0.29) is 12.1 Å². The van der Waals surface area contributed by atoms with Crippen LogP contribution in [-0.4, -0.2) is 33.8 Å².